The summed E-state index contributed by atoms with van der Waals surface area (Å²) in [4.78, 5) is 5.08. The number of hydrogen-bond acceptors (Lipinski definition) is 1. The quantitative estimate of drug-likeness (QED) is 0.304. The number of rotatable bonds is 6. The second-order valence-electron chi connectivity index (χ2n) is 7.53. The zero-order valence-corrected chi connectivity index (χ0v) is 17.3. The molecule has 0 radical (unpaired) electrons. The van der Waals surface area contributed by atoms with Gasteiger partial charge in [0.05, 0.1) is 17.6 Å². The van der Waals surface area contributed by atoms with Gasteiger partial charge >= 0.3 is 0 Å². The van der Waals surface area contributed by atoms with Gasteiger partial charge in [0, 0.05) is 16.8 Å². The minimum atomic E-state index is 0.412. The second kappa shape index (κ2) is 8.95. The summed E-state index contributed by atoms with van der Waals surface area (Å²) in [6, 6.07) is 28.1. The molecule has 4 rings (SSSR count). The molecule has 148 valence electrons. The van der Waals surface area contributed by atoms with Gasteiger partial charge in [0.25, 0.3) is 0 Å². The third-order valence-electron chi connectivity index (χ3n) is 5.51. The van der Waals surface area contributed by atoms with Crippen molar-refractivity contribution in [1.82, 2.24) is 9.88 Å². The molecule has 0 aliphatic rings. The molecule has 29 heavy (non-hydrogen) atoms. The Kier molecular flexibility index (Phi) is 5.95. The molecule has 1 unspecified atom stereocenters. The number of aliphatic imine (C=N–C) groups is 1. The molecule has 0 bridgehead atoms. The van der Waals surface area contributed by atoms with Crippen LogP contribution in [0.25, 0.3) is 21.8 Å². The van der Waals surface area contributed by atoms with Crippen molar-refractivity contribution in [2.45, 2.75) is 45.7 Å². The molecule has 1 aromatic heterocycles. The van der Waals surface area contributed by atoms with Gasteiger partial charge in [-0.25, -0.2) is 4.99 Å². The van der Waals surface area contributed by atoms with Crippen molar-refractivity contribution >= 4 is 27.8 Å². The van der Waals surface area contributed by atoms with Gasteiger partial charge in [0.2, 0.25) is 5.96 Å². The molecule has 3 nitrogen and oxygen atoms in total. The van der Waals surface area contributed by atoms with E-state index in [1.807, 2.05) is 6.07 Å². The number of benzene rings is 3. The smallest absolute Gasteiger partial charge is 0.203 e. The SMILES string of the molecule is CCCC(CC)NC(=NCc1ccccc1)n1c2ccccc2c2ccccc21. The Morgan fingerprint density at radius 1 is 0.828 bits per heavy atom. The Balaban J connectivity index is 1.85. The second-order valence-corrected chi connectivity index (χ2v) is 7.53. The van der Waals surface area contributed by atoms with Crippen LogP contribution in [0, 0.1) is 0 Å². The van der Waals surface area contributed by atoms with E-state index in [-0.39, 0.29) is 0 Å². The third kappa shape index (κ3) is 4.04. The van der Waals surface area contributed by atoms with E-state index in [2.05, 4.69) is 96.5 Å². The Labute approximate surface area is 173 Å². The summed E-state index contributed by atoms with van der Waals surface area (Å²) in [6.07, 6.45) is 3.37. The topological polar surface area (TPSA) is 29.3 Å². The van der Waals surface area contributed by atoms with Gasteiger partial charge in [-0.2, -0.15) is 0 Å². The van der Waals surface area contributed by atoms with Crippen LogP contribution in [-0.2, 0) is 6.54 Å². The van der Waals surface area contributed by atoms with Gasteiger partial charge in [-0.15, -0.1) is 0 Å². The van der Waals surface area contributed by atoms with E-state index >= 15 is 0 Å². The highest BCUT2D eigenvalue weighted by Crippen LogP contribution is 2.28. The van der Waals surface area contributed by atoms with Crippen molar-refractivity contribution in [2.75, 3.05) is 0 Å². The van der Waals surface area contributed by atoms with Crippen LogP contribution in [-0.4, -0.2) is 16.6 Å². The predicted molar refractivity (Wildman–Crippen MR) is 125 cm³/mol. The Bertz CT molecular complexity index is 1060. The van der Waals surface area contributed by atoms with E-state index < -0.39 is 0 Å². The highest BCUT2D eigenvalue weighted by Gasteiger charge is 2.16. The van der Waals surface area contributed by atoms with E-state index in [1.165, 1.54) is 27.4 Å². The largest absolute Gasteiger partial charge is 0.353 e. The van der Waals surface area contributed by atoms with Crippen molar-refractivity contribution in [3.63, 3.8) is 0 Å². The molecule has 0 aliphatic carbocycles. The first-order valence-electron chi connectivity index (χ1n) is 10.6. The number of fused-ring (bicyclic) bond motifs is 3. The fourth-order valence-electron chi connectivity index (χ4n) is 3.99. The van der Waals surface area contributed by atoms with Gasteiger partial charge in [0.1, 0.15) is 0 Å². The van der Waals surface area contributed by atoms with Gasteiger partial charge < -0.3 is 5.32 Å². The molecule has 4 aromatic rings. The summed E-state index contributed by atoms with van der Waals surface area (Å²) in [5.41, 5.74) is 3.61. The maximum absolute atomic E-state index is 5.08. The van der Waals surface area contributed by atoms with Gasteiger partial charge in [-0.05, 0) is 30.5 Å². The minimum absolute atomic E-state index is 0.412. The zero-order valence-electron chi connectivity index (χ0n) is 17.3. The highest BCUT2D eigenvalue weighted by atomic mass is 15.2. The molecular weight excluding hydrogens is 354 g/mol. The molecule has 3 aromatic carbocycles. The molecule has 1 heterocycles. The number of nitrogens with one attached hydrogen (secondary N) is 1. The summed E-state index contributed by atoms with van der Waals surface area (Å²) in [5, 5.41) is 6.30. The molecule has 3 heteroatoms. The summed E-state index contributed by atoms with van der Waals surface area (Å²) in [5.74, 6) is 0.937. The maximum Gasteiger partial charge on any atom is 0.203 e. The lowest BCUT2D eigenvalue weighted by Crippen LogP contribution is -2.38. The van der Waals surface area contributed by atoms with E-state index in [0.29, 0.717) is 12.6 Å². The fraction of sp³-hybridized carbons (Fsp3) is 0.269. The van der Waals surface area contributed by atoms with Crippen LogP contribution >= 0.6 is 0 Å². The van der Waals surface area contributed by atoms with Crippen molar-refractivity contribution in [1.29, 1.82) is 0 Å². The molecule has 0 saturated carbocycles. The Morgan fingerprint density at radius 2 is 1.41 bits per heavy atom. The molecule has 0 spiro atoms. The average Bonchev–Trinajstić information content (AvgIpc) is 3.11. The van der Waals surface area contributed by atoms with Gasteiger partial charge in [-0.3, -0.25) is 4.57 Å². The van der Waals surface area contributed by atoms with Crippen LogP contribution in [0.4, 0.5) is 0 Å². The lowest BCUT2D eigenvalue weighted by molar-refractivity contribution is 0.530. The zero-order chi connectivity index (χ0) is 20.1. The number of hydrogen-bond donors (Lipinski definition) is 1. The molecule has 1 N–H and O–H groups in total. The first-order valence-corrected chi connectivity index (χ1v) is 10.6. The summed E-state index contributed by atoms with van der Waals surface area (Å²) >= 11 is 0. The Hall–Kier alpha value is -3.07. The third-order valence-corrected chi connectivity index (χ3v) is 5.51. The molecule has 0 amide bonds. The van der Waals surface area contributed by atoms with E-state index in [0.717, 1.165) is 25.2 Å². The lowest BCUT2D eigenvalue weighted by Gasteiger charge is -2.21. The number of aromatic nitrogens is 1. The maximum atomic E-state index is 5.08. The minimum Gasteiger partial charge on any atom is -0.353 e. The van der Waals surface area contributed by atoms with Crippen LogP contribution in [0.15, 0.2) is 83.9 Å². The standard InChI is InChI=1S/C26H29N3/c1-3-12-21(4-2)28-26(27-19-20-13-6-5-7-14-20)29-24-17-10-8-15-22(24)23-16-9-11-18-25(23)29/h5-11,13-18,21H,3-4,12,19H2,1-2H3,(H,27,28). The van der Waals surface area contributed by atoms with Crippen LogP contribution < -0.4 is 5.32 Å². The normalized spacial score (nSPS) is 13.1. The Morgan fingerprint density at radius 3 is 2.00 bits per heavy atom. The van der Waals surface area contributed by atoms with Gasteiger partial charge in [0.15, 0.2) is 0 Å². The van der Waals surface area contributed by atoms with E-state index in [9.17, 15) is 0 Å². The molecular formula is C26H29N3. The molecule has 0 saturated heterocycles. The van der Waals surface area contributed by atoms with Crippen LogP contribution in [0.5, 0.6) is 0 Å². The van der Waals surface area contributed by atoms with Crippen molar-refractivity contribution in [3.8, 4) is 0 Å². The summed E-state index contributed by atoms with van der Waals surface area (Å²) in [7, 11) is 0. The van der Waals surface area contributed by atoms with Crippen molar-refractivity contribution in [2.24, 2.45) is 4.99 Å². The average molecular weight is 384 g/mol. The first kappa shape index (κ1) is 19.3. The van der Waals surface area contributed by atoms with Gasteiger partial charge in [-0.1, -0.05) is 87.0 Å². The molecule has 0 fully saturated rings. The first-order chi connectivity index (χ1) is 14.3. The number of nitrogens with zero attached hydrogens (tertiary/aromatic N) is 2. The van der Waals surface area contributed by atoms with E-state index in [1.54, 1.807) is 0 Å². The molecule has 1 atom stereocenters. The van der Waals surface area contributed by atoms with Crippen LogP contribution in [0.2, 0.25) is 0 Å². The summed E-state index contributed by atoms with van der Waals surface area (Å²) in [6.45, 7) is 5.15. The summed E-state index contributed by atoms with van der Waals surface area (Å²) < 4.78 is 2.30. The monoisotopic (exact) mass is 383 g/mol. The van der Waals surface area contributed by atoms with E-state index in [4.69, 9.17) is 4.99 Å². The molecule has 0 aliphatic heterocycles. The highest BCUT2D eigenvalue weighted by molar-refractivity contribution is 6.13. The fourth-order valence-corrected chi connectivity index (χ4v) is 3.99. The van der Waals surface area contributed by atoms with Crippen LogP contribution in [0.3, 0.4) is 0 Å². The van der Waals surface area contributed by atoms with Crippen LogP contribution in [0.1, 0.15) is 38.7 Å². The lowest BCUT2D eigenvalue weighted by atomic mass is 10.1. The number of para-hydroxylation sites is 2. The van der Waals surface area contributed by atoms with Crippen molar-refractivity contribution in [3.05, 3.63) is 84.4 Å². The van der Waals surface area contributed by atoms with Crippen molar-refractivity contribution < 1.29 is 0 Å². The predicted octanol–water partition coefficient (Wildman–Crippen LogP) is 6.37.